The first-order chi connectivity index (χ1) is 8.52. The zero-order chi connectivity index (χ0) is 13.5. The predicted molar refractivity (Wildman–Crippen MR) is 70.2 cm³/mol. The minimum Gasteiger partial charge on any atom is -0.466 e. The van der Waals surface area contributed by atoms with Crippen LogP contribution in [0.4, 0.5) is 0 Å². The summed E-state index contributed by atoms with van der Waals surface area (Å²) in [4.78, 5) is 11.8. The third-order valence-corrected chi connectivity index (χ3v) is 2.99. The summed E-state index contributed by atoms with van der Waals surface area (Å²) in [5.74, 6) is 2.04. The summed E-state index contributed by atoms with van der Waals surface area (Å²) < 4.78 is 5.41. The number of amides is 1. The first-order valence-electron chi connectivity index (χ1n) is 6.48. The molecule has 4 nitrogen and oxygen atoms in total. The number of carbonyl (C=O) groups is 1. The molecule has 18 heavy (non-hydrogen) atoms. The Morgan fingerprint density at radius 1 is 1.44 bits per heavy atom. The lowest BCUT2D eigenvalue weighted by molar-refractivity contribution is -0.122. The predicted octanol–water partition coefficient (Wildman–Crippen LogP) is 2.04. The van der Waals surface area contributed by atoms with Gasteiger partial charge in [0.05, 0.1) is 0 Å². The van der Waals surface area contributed by atoms with Crippen molar-refractivity contribution in [3.05, 3.63) is 23.7 Å². The fourth-order valence-corrected chi connectivity index (χ4v) is 1.85. The van der Waals surface area contributed by atoms with Crippen LogP contribution in [0.5, 0.6) is 0 Å². The van der Waals surface area contributed by atoms with Gasteiger partial charge in [-0.2, -0.15) is 0 Å². The number of aliphatic hydroxyl groups is 1. The van der Waals surface area contributed by atoms with Crippen molar-refractivity contribution in [3.8, 4) is 0 Å². The largest absolute Gasteiger partial charge is 0.466 e. The maximum absolute atomic E-state index is 11.8. The molecule has 0 fully saturated rings. The molecule has 1 aromatic rings. The molecule has 0 aliphatic heterocycles. The van der Waals surface area contributed by atoms with Crippen molar-refractivity contribution in [2.75, 3.05) is 6.61 Å². The summed E-state index contributed by atoms with van der Waals surface area (Å²) in [6, 6.07) is 3.84. The molecule has 0 spiro atoms. The highest BCUT2D eigenvalue weighted by Gasteiger charge is 2.15. The van der Waals surface area contributed by atoms with E-state index in [0.717, 1.165) is 11.5 Å². The Morgan fingerprint density at radius 2 is 2.17 bits per heavy atom. The highest BCUT2D eigenvalue weighted by Crippen LogP contribution is 2.10. The average Bonchev–Trinajstić information content (AvgIpc) is 2.72. The van der Waals surface area contributed by atoms with Crippen LogP contribution in [0.1, 0.15) is 38.2 Å². The number of furan rings is 1. The van der Waals surface area contributed by atoms with Crippen LogP contribution in [0.2, 0.25) is 0 Å². The second kappa shape index (κ2) is 7.21. The molecule has 1 amide bonds. The van der Waals surface area contributed by atoms with Crippen molar-refractivity contribution in [1.29, 1.82) is 0 Å². The number of nitrogens with one attached hydrogen (secondary N) is 1. The smallest absolute Gasteiger partial charge is 0.220 e. The molecule has 102 valence electrons. The minimum absolute atomic E-state index is 0.0104. The van der Waals surface area contributed by atoms with Crippen molar-refractivity contribution in [1.82, 2.24) is 5.32 Å². The van der Waals surface area contributed by atoms with Crippen LogP contribution in [0, 0.1) is 12.8 Å². The third-order valence-electron chi connectivity index (χ3n) is 2.99. The van der Waals surface area contributed by atoms with Gasteiger partial charge in [0.2, 0.25) is 5.91 Å². The summed E-state index contributed by atoms with van der Waals surface area (Å²) in [6.07, 6.45) is 1.63. The molecule has 1 rings (SSSR count). The van der Waals surface area contributed by atoms with Gasteiger partial charge in [-0.05, 0) is 31.4 Å². The molecule has 1 unspecified atom stereocenters. The van der Waals surface area contributed by atoms with Gasteiger partial charge >= 0.3 is 0 Å². The van der Waals surface area contributed by atoms with Crippen LogP contribution in [0.25, 0.3) is 0 Å². The molecule has 0 aliphatic carbocycles. The Morgan fingerprint density at radius 3 is 2.67 bits per heavy atom. The van der Waals surface area contributed by atoms with Crippen LogP contribution >= 0.6 is 0 Å². The SMILES string of the molecule is Cc1ccc(CCC(=O)NC(CCO)C(C)C)o1. The lowest BCUT2D eigenvalue weighted by atomic mass is 10.0. The zero-order valence-corrected chi connectivity index (χ0v) is 11.4. The van der Waals surface area contributed by atoms with Crippen molar-refractivity contribution in [2.45, 2.75) is 46.1 Å². The second-order valence-corrected chi connectivity index (χ2v) is 4.94. The number of rotatable bonds is 7. The van der Waals surface area contributed by atoms with E-state index in [1.165, 1.54) is 0 Å². The Hall–Kier alpha value is -1.29. The number of carbonyl (C=O) groups excluding carboxylic acids is 1. The Kier molecular flexibility index (Phi) is 5.92. The van der Waals surface area contributed by atoms with Gasteiger partial charge in [-0.15, -0.1) is 0 Å². The van der Waals surface area contributed by atoms with E-state index in [1.807, 2.05) is 32.9 Å². The molecule has 1 atom stereocenters. The molecular formula is C14H23NO3. The summed E-state index contributed by atoms with van der Waals surface area (Å²) in [5.41, 5.74) is 0. The molecule has 1 aromatic heterocycles. The van der Waals surface area contributed by atoms with E-state index in [0.29, 0.717) is 25.2 Å². The van der Waals surface area contributed by atoms with E-state index in [2.05, 4.69) is 5.32 Å². The van der Waals surface area contributed by atoms with Gasteiger partial charge in [0.15, 0.2) is 0 Å². The first kappa shape index (κ1) is 14.8. The van der Waals surface area contributed by atoms with Crippen LogP contribution < -0.4 is 5.32 Å². The molecule has 0 bridgehead atoms. The molecule has 2 N–H and O–H groups in total. The fourth-order valence-electron chi connectivity index (χ4n) is 1.85. The van der Waals surface area contributed by atoms with Crippen molar-refractivity contribution in [3.63, 3.8) is 0 Å². The Bertz CT molecular complexity index is 371. The number of aryl methyl sites for hydroxylation is 2. The molecule has 0 saturated heterocycles. The molecule has 1 heterocycles. The van der Waals surface area contributed by atoms with E-state index in [4.69, 9.17) is 9.52 Å². The normalized spacial score (nSPS) is 12.7. The van der Waals surface area contributed by atoms with Gasteiger partial charge in [0.1, 0.15) is 11.5 Å². The van der Waals surface area contributed by atoms with Gasteiger partial charge < -0.3 is 14.8 Å². The van der Waals surface area contributed by atoms with E-state index in [9.17, 15) is 4.79 Å². The maximum Gasteiger partial charge on any atom is 0.220 e. The second-order valence-electron chi connectivity index (χ2n) is 4.94. The van der Waals surface area contributed by atoms with E-state index in [1.54, 1.807) is 0 Å². The third kappa shape index (κ3) is 4.92. The van der Waals surface area contributed by atoms with E-state index >= 15 is 0 Å². The van der Waals surface area contributed by atoms with Gasteiger partial charge in [-0.25, -0.2) is 0 Å². The van der Waals surface area contributed by atoms with Crippen molar-refractivity contribution in [2.24, 2.45) is 5.92 Å². The minimum atomic E-state index is 0.0104. The summed E-state index contributed by atoms with van der Waals surface area (Å²) in [7, 11) is 0. The van der Waals surface area contributed by atoms with E-state index < -0.39 is 0 Å². The maximum atomic E-state index is 11.8. The quantitative estimate of drug-likeness (QED) is 0.781. The lowest BCUT2D eigenvalue weighted by Gasteiger charge is -2.21. The topological polar surface area (TPSA) is 62.5 Å². The molecule has 0 aliphatic rings. The monoisotopic (exact) mass is 253 g/mol. The summed E-state index contributed by atoms with van der Waals surface area (Å²) in [6.45, 7) is 6.06. The number of aliphatic hydroxyl groups excluding tert-OH is 1. The lowest BCUT2D eigenvalue weighted by Crippen LogP contribution is -2.39. The van der Waals surface area contributed by atoms with Crippen LogP contribution in [-0.2, 0) is 11.2 Å². The molecule has 0 saturated carbocycles. The molecule has 0 aromatic carbocycles. The molecular weight excluding hydrogens is 230 g/mol. The molecule has 4 heteroatoms. The highest BCUT2D eigenvalue weighted by atomic mass is 16.3. The summed E-state index contributed by atoms with van der Waals surface area (Å²) >= 11 is 0. The van der Waals surface area contributed by atoms with Gasteiger partial charge in [-0.3, -0.25) is 4.79 Å². The average molecular weight is 253 g/mol. The van der Waals surface area contributed by atoms with Crippen molar-refractivity contribution < 1.29 is 14.3 Å². The van der Waals surface area contributed by atoms with E-state index in [-0.39, 0.29) is 18.6 Å². The molecule has 0 radical (unpaired) electrons. The highest BCUT2D eigenvalue weighted by molar-refractivity contribution is 5.76. The summed E-state index contributed by atoms with van der Waals surface area (Å²) in [5, 5.41) is 11.9. The van der Waals surface area contributed by atoms with Gasteiger partial charge in [0.25, 0.3) is 0 Å². The van der Waals surface area contributed by atoms with Gasteiger partial charge in [0, 0.05) is 25.5 Å². The van der Waals surface area contributed by atoms with Crippen LogP contribution in [-0.4, -0.2) is 23.7 Å². The number of hydrogen-bond donors (Lipinski definition) is 2. The van der Waals surface area contributed by atoms with Crippen LogP contribution in [0.3, 0.4) is 0 Å². The van der Waals surface area contributed by atoms with Crippen molar-refractivity contribution >= 4 is 5.91 Å². The Labute approximate surface area is 108 Å². The Balaban J connectivity index is 2.36. The number of hydrogen-bond acceptors (Lipinski definition) is 3. The first-order valence-corrected chi connectivity index (χ1v) is 6.48. The standard InChI is InChI=1S/C14H23NO3/c1-10(2)13(8-9-16)15-14(17)7-6-12-5-4-11(3)18-12/h4-5,10,13,16H,6-9H2,1-3H3,(H,15,17). The zero-order valence-electron chi connectivity index (χ0n) is 11.4. The van der Waals surface area contributed by atoms with Gasteiger partial charge in [-0.1, -0.05) is 13.8 Å². The fraction of sp³-hybridized carbons (Fsp3) is 0.643. The van der Waals surface area contributed by atoms with Crippen LogP contribution in [0.15, 0.2) is 16.5 Å².